The average Bonchev–Trinajstić information content (AvgIpc) is 2.41. The van der Waals surface area contributed by atoms with Crippen molar-refractivity contribution in [2.45, 2.75) is 37.7 Å². The zero-order valence-electron chi connectivity index (χ0n) is 12.3. The second kappa shape index (κ2) is 6.42. The molecule has 132 valence electrons. The molecule has 3 atom stereocenters. The summed E-state index contributed by atoms with van der Waals surface area (Å²) in [4.78, 5) is 22.0. The molecule has 0 radical (unpaired) electrons. The van der Waals surface area contributed by atoms with Gasteiger partial charge in [-0.05, 0) is 6.92 Å². The standard InChI is InChI=1S/C13H15F5O5/c1-4-9(20)21-5-8-6-22-11(3,13(16,17)18)12(14,15)10(8)23-7(2)19/h4,8,10H,1,5-6H2,2-3H3. The van der Waals surface area contributed by atoms with Crippen LogP contribution in [0.3, 0.4) is 0 Å². The SMILES string of the molecule is C=CC(=O)OCC1COC(C)(C(F)(F)F)C(F)(F)C1OC(C)=O. The van der Waals surface area contributed by atoms with Crippen molar-refractivity contribution in [2.75, 3.05) is 13.2 Å². The van der Waals surface area contributed by atoms with Crippen molar-refractivity contribution in [1.82, 2.24) is 0 Å². The van der Waals surface area contributed by atoms with Crippen LogP contribution in [0.2, 0.25) is 0 Å². The van der Waals surface area contributed by atoms with Crippen LogP contribution in [0.25, 0.3) is 0 Å². The Morgan fingerprint density at radius 3 is 2.39 bits per heavy atom. The van der Waals surface area contributed by atoms with E-state index in [1.54, 1.807) is 0 Å². The van der Waals surface area contributed by atoms with Gasteiger partial charge in [0.15, 0.2) is 6.10 Å². The highest BCUT2D eigenvalue weighted by Gasteiger charge is 2.74. The van der Waals surface area contributed by atoms with Gasteiger partial charge in [-0.3, -0.25) is 4.79 Å². The smallest absolute Gasteiger partial charge is 0.423 e. The van der Waals surface area contributed by atoms with Gasteiger partial charge in [-0.25, -0.2) is 4.79 Å². The predicted molar refractivity (Wildman–Crippen MR) is 65.6 cm³/mol. The average molecular weight is 346 g/mol. The van der Waals surface area contributed by atoms with E-state index in [9.17, 15) is 31.5 Å². The Morgan fingerprint density at radius 1 is 1.39 bits per heavy atom. The maximum Gasteiger partial charge on any atom is 0.423 e. The molecule has 1 saturated heterocycles. The van der Waals surface area contributed by atoms with E-state index < -0.39 is 54.9 Å². The summed E-state index contributed by atoms with van der Waals surface area (Å²) < 4.78 is 80.9. The number of rotatable bonds is 4. The number of carbonyl (C=O) groups excluding carboxylic acids is 2. The molecule has 0 bridgehead atoms. The van der Waals surface area contributed by atoms with E-state index >= 15 is 0 Å². The van der Waals surface area contributed by atoms with Crippen LogP contribution in [-0.2, 0) is 23.8 Å². The van der Waals surface area contributed by atoms with Crippen LogP contribution in [0.5, 0.6) is 0 Å². The lowest BCUT2D eigenvalue weighted by molar-refractivity contribution is -0.385. The maximum atomic E-state index is 14.3. The first-order chi connectivity index (χ1) is 10.4. The summed E-state index contributed by atoms with van der Waals surface area (Å²) in [6.45, 7) is 2.49. The van der Waals surface area contributed by atoms with E-state index in [1.165, 1.54) is 0 Å². The fourth-order valence-corrected chi connectivity index (χ4v) is 2.03. The second-order valence-electron chi connectivity index (χ2n) is 5.09. The normalized spacial score (nSPS) is 30.4. The maximum absolute atomic E-state index is 14.3. The number of hydrogen-bond acceptors (Lipinski definition) is 5. The van der Waals surface area contributed by atoms with E-state index in [0.29, 0.717) is 0 Å². The number of hydrogen-bond donors (Lipinski definition) is 0. The molecule has 0 aromatic rings. The number of halogens is 5. The first-order valence-electron chi connectivity index (χ1n) is 6.41. The van der Waals surface area contributed by atoms with Crippen molar-refractivity contribution < 1.29 is 45.8 Å². The Balaban J connectivity index is 3.12. The first-order valence-corrected chi connectivity index (χ1v) is 6.41. The molecule has 0 aromatic carbocycles. The largest absolute Gasteiger partial charge is 0.462 e. The van der Waals surface area contributed by atoms with Gasteiger partial charge in [0.05, 0.1) is 12.5 Å². The van der Waals surface area contributed by atoms with Gasteiger partial charge >= 0.3 is 24.0 Å². The van der Waals surface area contributed by atoms with Gasteiger partial charge in [0, 0.05) is 13.0 Å². The summed E-state index contributed by atoms with van der Waals surface area (Å²) in [6, 6.07) is 0. The van der Waals surface area contributed by atoms with Crippen molar-refractivity contribution >= 4 is 11.9 Å². The quantitative estimate of drug-likeness (QED) is 0.444. The van der Waals surface area contributed by atoms with Gasteiger partial charge in [0.2, 0.25) is 5.60 Å². The number of carbonyl (C=O) groups is 2. The topological polar surface area (TPSA) is 61.8 Å². The Hall–Kier alpha value is -1.71. The first kappa shape index (κ1) is 19.3. The van der Waals surface area contributed by atoms with Gasteiger partial charge in [-0.2, -0.15) is 22.0 Å². The van der Waals surface area contributed by atoms with E-state index in [0.717, 1.165) is 13.0 Å². The van der Waals surface area contributed by atoms with Gasteiger partial charge in [0.25, 0.3) is 0 Å². The summed E-state index contributed by atoms with van der Waals surface area (Å²) in [5.74, 6) is -8.20. The number of ether oxygens (including phenoxy) is 3. The van der Waals surface area contributed by atoms with Crippen LogP contribution in [0.1, 0.15) is 13.8 Å². The molecule has 3 unspecified atom stereocenters. The molecule has 23 heavy (non-hydrogen) atoms. The lowest BCUT2D eigenvalue weighted by Gasteiger charge is -2.47. The third kappa shape index (κ3) is 3.62. The van der Waals surface area contributed by atoms with Crippen LogP contribution in [0.15, 0.2) is 12.7 Å². The molecular weight excluding hydrogens is 331 g/mol. The molecule has 0 amide bonds. The zero-order valence-corrected chi connectivity index (χ0v) is 12.3. The lowest BCUT2D eigenvalue weighted by atomic mass is 9.83. The van der Waals surface area contributed by atoms with Crippen LogP contribution < -0.4 is 0 Å². The molecule has 5 nitrogen and oxygen atoms in total. The van der Waals surface area contributed by atoms with Gasteiger partial charge in [-0.15, -0.1) is 0 Å². The Labute approximate surface area is 128 Å². The Bertz CT molecular complexity index is 490. The summed E-state index contributed by atoms with van der Waals surface area (Å²) in [5, 5.41) is 0. The molecule has 1 heterocycles. The zero-order chi connectivity index (χ0) is 18.1. The summed E-state index contributed by atoms with van der Waals surface area (Å²) in [7, 11) is 0. The molecule has 0 aromatic heterocycles. The summed E-state index contributed by atoms with van der Waals surface area (Å²) >= 11 is 0. The predicted octanol–water partition coefficient (Wildman–Crippen LogP) is 2.25. The van der Waals surface area contributed by atoms with E-state index in [1.807, 2.05) is 0 Å². The molecule has 1 rings (SSSR count). The van der Waals surface area contributed by atoms with E-state index in [-0.39, 0.29) is 6.92 Å². The summed E-state index contributed by atoms with van der Waals surface area (Å²) in [5.41, 5.74) is -3.83. The molecule has 1 fully saturated rings. The van der Waals surface area contributed by atoms with E-state index in [4.69, 9.17) is 0 Å². The van der Waals surface area contributed by atoms with Crippen LogP contribution >= 0.6 is 0 Å². The highest BCUT2D eigenvalue weighted by Crippen LogP contribution is 2.51. The Morgan fingerprint density at radius 2 is 1.96 bits per heavy atom. The van der Waals surface area contributed by atoms with Crippen LogP contribution in [0.4, 0.5) is 22.0 Å². The minimum atomic E-state index is -5.41. The fourth-order valence-electron chi connectivity index (χ4n) is 2.03. The van der Waals surface area contributed by atoms with Crippen molar-refractivity contribution in [2.24, 2.45) is 5.92 Å². The monoisotopic (exact) mass is 346 g/mol. The van der Waals surface area contributed by atoms with Crippen molar-refractivity contribution in [3.8, 4) is 0 Å². The minimum Gasteiger partial charge on any atom is -0.462 e. The molecule has 1 aliphatic rings. The minimum absolute atomic E-state index is 0.176. The third-order valence-electron chi connectivity index (χ3n) is 3.45. The van der Waals surface area contributed by atoms with Gasteiger partial charge in [-0.1, -0.05) is 6.58 Å². The van der Waals surface area contributed by atoms with Crippen LogP contribution in [-0.4, -0.2) is 49.0 Å². The van der Waals surface area contributed by atoms with Crippen molar-refractivity contribution in [3.05, 3.63) is 12.7 Å². The highest BCUT2D eigenvalue weighted by molar-refractivity contribution is 5.81. The number of esters is 2. The Kier molecular flexibility index (Phi) is 5.40. The van der Waals surface area contributed by atoms with Gasteiger partial charge in [0.1, 0.15) is 6.61 Å². The van der Waals surface area contributed by atoms with Crippen molar-refractivity contribution in [3.63, 3.8) is 0 Å². The molecule has 0 N–H and O–H groups in total. The number of alkyl halides is 5. The molecule has 0 saturated carbocycles. The molecule has 1 aliphatic heterocycles. The summed E-state index contributed by atoms with van der Waals surface area (Å²) in [6.07, 6.45) is -7.11. The molecular formula is C13H15F5O5. The van der Waals surface area contributed by atoms with Gasteiger partial charge < -0.3 is 14.2 Å². The molecule has 0 aliphatic carbocycles. The molecule has 0 spiro atoms. The van der Waals surface area contributed by atoms with Crippen LogP contribution in [0, 0.1) is 5.92 Å². The lowest BCUT2D eigenvalue weighted by Crippen LogP contribution is -2.69. The molecule has 10 heteroatoms. The van der Waals surface area contributed by atoms with E-state index in [2.05, 4.69) is 20.8 Å². The fraction of sp³-hybridized carbons (Fsp3) is 0.692. The second-order valence-corrected chi connectivity index (χ2v) is 5.09. The van der Waals surface area contributed by atoms with Crippen molar-refractivity contribution in [1.29, 1.82) is 0 Å². The highest BCUT2D eigenvalue weighted by atomic mass is 19.4. The third-order valence-corrected chi connectivity index (χ3v) is 3.45.